The van der Waals surface area contributed by atoms with Crippen LogP contribution in [0.2, 0.25) is 0 Å². The number of hydrogen-bond acceptors (Lipinski definition) is 6. The maximum atomic E-state index is 5.17. The Hall–Kier alpha value is -3.28. The average Bonchev–Trinajstić information content (AvgIpc) is 2.72. The summed E-state index contributed by atoms with van der Waals surface area (Å²) >= 11 is 0. The number of nitrogens with zero attached hydrogens (tertiary/aromatic N) is 2. The van der Waals surface area contributed by atoms with Crippen molar-refractivity contribution in [2.24, 2.45) is 0 Å². The molecule has 2 aromatic carbocycles. The first-order valence-electron chi connectivity index (χ1n) is 8.32. The summed E-state index contributed by atoms with van der Waals surface area (Å²) < 4.78 is 10.3. The van der Waals surface area contributed by atoms with E-state index in [0.717, 1.165) is 34.3 Å². The van der Waals surface area contributed by atoms with E-state index in [0.29, 0.717) is 13.1 Å². The second-order valence-corrected chi connectivity index (χ2v) is 5.69. The molecule has 6 heteroatoms. The average molecular weight is 350 g/mol. The fourth-order valence-corrected chi connectivity index (χ4v) is 2.42. The number of benzene rings is 2. The van der Waals surface area contributed by atoms with Gasteiger partial charge in [-0.25, -0.2) is 9.97 Å². The molecule has 0 unspecified atom stereocenters. The number of aromatic nitrogens is 2. The Balaban J connectivity index is 1.55. The van der Waals surface area contributed by atoms with Crippen molar-refractivity contribution in [3.63, 3.8) is 0 Å². The van der Waals surface area contributed by atoms with Crippen molar-refractivity contribution in [3.8, 4) is 11.5 Å². The van der Waals surface area contributed by atoms with Gasteiger partial charge in [0, 0.05) is 19.2 Å². The van der Waals surface area contributed by atoms with Crippen LogP contribution in [-0.2, 0) is 13.1 Å². The van der Waals surface area contributed by atoms with Crippen LogP contribution in [0.3, 0.4) is 0 Å². The Labute approximate surface area is 153 Å². The summed E-state index contributed by atoms with van der Waals surface area (Å²) in [5.41, 5.74) is 2.30. The molecule has 0 saturated heterocycles. The van der Waals surface area contributed by atoms with Gasteiger partial charge >= 0.3 is 0 Å². The molecule has 0 fully saturated rings. The predicted molar refractivity (Wildman–Crippen MR) is 103 cm³/mol. The molecule has 2 N–H and O–H groups in total. The number of rotatable bonds is 8. The molecule has 0 bridgehead atoms. The minimum atomic E-state index is 0.679. The third-order valence-electron chi connectivity index (χ3n) is 3.93. The first-order chi connectivity index (χ1) is 12.8. The van der Waals surface area contributed by atoms with Gasteiger partial charge in [-0.2, -0.15) is 0 Å². The molecule has 1 heterocycles. The lowest BCUT2D eigenvalue weighted by molar-refractivity contribution is 0.414. The van der Waals surface area contributed by atoms with Crippen LogP contribution in [0.1, 0.15) is 11.1 Å². The molecule has 0 saturated carbocycles. The van der Waals surface area contributed by atoms with Gasteiger partial charge in [-0.1, -0.05) is 24.3 Å². The minimum absolute atomic E-state index is 0.679. The number of methoxy groups -OCH3 is 2. The van der Waals surface area contributed by atoms with Crippen molar-refractivity contribution in [1.82, 2.24) is 9.97 Å². The van der Waals surface area contributed by atoms with Crippen LogP contribution in [0.4, 0.5) is 11.6 Å². The van der Waals surface area contributed by atoms with Gasteiger partial charge in [-0.3, -0.25) is 0 Å². The monoisotopic (exact) mass is 350 g/mol. The van der Waals surface area contributed by atoms with Gasteiger partial charge in [-0.15, -0.1) is 0 Å². The fraction of sp³-hybridized carbons (Fsp3) is 0.200. The zero-order chi connectivity index (χ0) is 18.2. The van der Waals surface area contributed by atoms with Gasteiger partial charge in [0.05, 0.1) is 14.2 Å². The summed E-state index contributed by atoms with van der Waals surface area (Å²) in [7, 11) is 3.32. The summed E-state index contributed by atoms with van der Waals surface area (Å²) in [5, 5.41) is 6.61. The molecule has 0 aliphatic carbocycles. The van der Waals surface area contributed by atoms with Gasteiger partial charge in [0.25, 0.3) is 0 Å². The van der Waals surface area contributed by atoms with E-state index in [1.54, 1.807) is 20.5 Å². The summed E-state index contributed by atoms with van der Waals surface area (Å²) in [4.78, 5) is 8.52. The summed E-state index contributed by atoms with van der Waals surface area (Å²) in [6.45, 7) is 1.36. The molecule has 26 heavy (non-hydrogen) atoms. The maximum Gasteiger partial charge on any atom is 0.131 e. The Morgan fingerprint density at radius 1 is 0.692 bits per heavy atom. The normalized spacial score (nSPS) is 10.2. The van der Waals surface area contributed by atoms with Crippen molar-refractivity contribution >= 4 is 11.6 Å². The molecule has 0 aliphatic heterocycles. The molecule has 0 amide bonds. The van der Waals surface area contributed by atoms with E-state index in [1.807, 2.05) is 54.6 Å². The van der Waals surface area contributed by atoms with E-state index in [1.165, 1.54) is 0 Å². The van der Waals surface area contributed by atoms with Crippen LogP contribution < -0.4 is 20.1 Å². The SMILES string of the molecule is COc1ccc(CNc2cc(NCc3ccc(OC)cc3)ncn2)cc1. The van der Waals surface area contributed by atoms with Gasteiger partial charge in [0.2, 0.25) is 0 Å². The predicted octanol–water partition coefficient (Wildman–Crippen LogP) is 3.72. The van der Waals surface area contributed by atoms with E-state index >= 15 is 0 Å². The second kappa shape index (κ2) is 8.71. The standard InChI is InChI=1S/C20H22N4O2/c1-25-17-7-3-15(4-8-17)12-21-19-11-20(24-14-23-19)22-13-16-5-9-18(26-2)10-6-16/h3-11,14H,12-13H2,1-2H3,(H2,21,22,23,24). The highest BCUT2D eigenvalue weighted by atomic mass is 16.5. The quantitative estimate of drug-likeness (QED) is 0.645. The van der Waals surface area contributed by atoms with E-state index in [4.69, 9.17) is 9.47 Å². The maximum absolute atomic E-state index is 5.17. The molecule has 6 nitrogen and oxygen atoms in total. The first-order valence-corrected chi connectivity index (χ1v) is 8.32. The summed E-state index contributed by atoms with van der Waals surface area (Å²) in [5.74, 6) is 3.24. The zero-order valence-electron chi connectivity index (χ0n) is 14.9. The van der Waals surface area contributed by atoms with Crippen molar-refractivity contribution in [2.75, 3.05) is 24.9 Å². The van der Waals surface area contributed by atoms with Crippen LogP contribution in [0.25, 0.3) is 0 Å². The van der Waals surface area contributed by atoms with Crippen LogP contribution in [0.5, 0.6) is 11.5 Å². The van der Waals surface area contributed by atoms with Crippen LogP contribution in [0, 0.1) is 0 Å². The molecular formula is C20H22N4O2. The molecule has 1 aromatic heterocycles. The van der Waals surface area contributed by atoms with Crippen molar-refractivity contribution in [2.45, 2.75) is 13.1 Å². The molecule has 0 spiro atoms. The van der Waals surface area contributed by atoms with E-state index in [9.17, 15) is 0 Å². The molecule has 3 aromatic rings. The first kappa shape index (κ1) is 17.5. The molecule has 3 rings (SSSR count). The second-order valence-electron chi connectivity index (χ2n) is 5.69. The molecule has 134 valence electrons. The molecule has 0 radical (unpaired) electrons. The highest BCUT2D eigenvalue weighted by Gasteiger charge is 2.01. The fourth-order valence-electron chi connectivity index (χ4n) is 2.42. The molecule has 0 aliphatic rings. The summed E-state index contributed by atoms with van der Waals surface area (Å²) in [6.07, 6.45) is 1.55. The Kier molecular flexibility index (Phi) is 5.88. The minimum Gasteiger partial charge on any atom is -0.497 e. The Morgan fingerprint density at radius 3 is 1.50 bits per heavy atom. The molecular weight excluding hydrogens is 328 g/mol. The lowest BCUT2D eigenvalue weighted by Crippen LogP contribution is -2.05. The van der Waals surface area contributed by atoms with E-state index in [-0.39, 0.29) is 0 Å². The van der Waals surface area contributed by atoms with Crippen molar-refractivity contribution < 1.29 is 9.47 Å². The highest BCUT2D eigenvalue weighted by Crippen LogP contribution is 2.15. The Bertz CT molecular complexity index is 753. The van der Waals surface area contributed by atoms with Crippen molar-refractivity contribution in [3.05, 3.63) is 72.1 Å². The van der Waals surface area contributed by atoms with Crippen molar-refractivity contribution in [1.29, 1.82) is 0 Å². The topological polar surface area (TPSA) is 68.3 Å². The third-order valence-corrected chi connectivity index (χ3v) is 3.93. The summed E-state index contributed by atoms with van der Waals surface area (Å²) in [6, 6.07) is 17.8. The number of nitrogens with one attached hydrogen (secondary N) is 2. The van der Waals surface area contributed by atoms with E-state index < -0.39 is 0 Å². The van der Waals surface area contributed by atoms with Gasteiger partial charge in [-0.05, 0) is 35.4 Å². The van der Waals surface area contributed by atoms with Crippen LogP contribution >= 0.6 is 0 Å². The van der Waals surface area contributed by atoms with Crippen LogP contribution in [0.15, 0.2) is 60.9 Å². The Morgan fingerprint density at radius 2 is 1.12 bits per heavy atom. The number of anilines is 2. The van der Waals surface area contributed by atoms with Gasteiger partial charge in [0.15, 0.2) is 0 Å². The van der Waals surface area contributed by atoms with Gasteiger partial charge in [0.1, 0.15) is 29.5 Å². The lowest BCUT2D eigenvalue weighted by atomic mass is 10.2. The molecule has 0 atom stereocenters. The number of ether oxygens (including phenoxy) is 2. The number of hydrogen-bond donors (Lipinski definition) is 2. The van der Waals surface area contributed by atoms with E-state index in [2.05, 4.69) is 20.6 Å². The lowest BCUT2D eigenvalue weighted by Gasteiger charge is -2.09. The van der Waals surface area contributed by atoms with Crippen LogP contribution in [-0.4, -0.2) is 24.2 Å². The third kappa shape index (κ3) is 4.86. The largest absolute Gasteiger partial charge is 0.497 e. The highest BCUT2D eigenvalue weighted by molar-refractivity contribution is 5.47. The zero-order valence-corrected chi connectivity index (χ0v) is 14.9. The smallest absolute Gasteiger partial charge is 0.131 e. The van der Waals surface area contributed by atoms with Gasteiger partial charge < -0.3 is 20.1 Å².